The lowest BCUT2D eigenvalue weighted by Gasteiger charge is -2.36. The van der Waals surface area contributed by atoms with E-state index in [1.807, 2.05) is 25.1 Å². The molecular weight excluding hydrogens is 354 g/mol. The van der Waals surface area contributed by atoms with Crippen LogP contribution < -0.4 is 5.32 Å². The summed E-state index contributed by atoms with van der Waals surface area (Å²) < 4.78 is 0. The maximum Gasteiger partial charge on any atom is 0.237 e. The molecule has 2 N–H and O–H groups in total. The topological polar surface area (TPSA) is 81.3 Å². The van der Waals surface area contributed by atoms with Crippen LogP contribution in [-0.4, -0.2) is 70.9 Å². The Morgan fingerprint density at radius 1 is 1.39 bits per heavy atom. The molecular formula is C21H31N5O2. The Labute approximate surface area is 166 Å². The summed E-state index contributed by atoms with van der Waals surface area (Å²) in [6, 6.07) is 5.69. The zero-order valence-corrected chi connectivity index (χ0v) is 17.3. The number of hydrogen-bond donors (Lipinski definition) is 2. The minimum Gasteiger partial charge on any atom is -0.353 e. The molecule has 3 rings (SSSR count). The summed E-state index contributed by atoms with van der Waals surface area (Å²) in [6.45, 7) is 9.14. The lowest BCUT2D eigenvalue weighted by Crippen LogP contribution is -2.57. The fourth-order valence-corrected chi connectivity index (χ4v) is 3.74. The summed E-state index contributed by atoms with van der Waals surface area (Å²) in [5, 5.41) is 2.89. The van der Waals surface area contributed by atoms with E-state index in [2.05, 4.69) is 34.0 Å². The summed E-state index contributed by atoms with van der Waals surface area (Å²) in [6.07, 6.45) is 0.872. The van der Waals surface area contributed by atoms with Crippen molar-refractivity contribution in [3.8, 4) is 0 Å². The molecule has 7 nitrogen and oxygen atoms in total. The van der Waals surface area contributed by atoms with Gasteiger partial charge < -0.3 is 15.2 Å². The van der Waals surface area contributed by atoms with Gasteiger partial charge in [0.15, 0.2) is 0 Å². The van der Waals surface area contributed by atoms with E-state index >= 15 is 0 Å². The Bertz CT molecular complexity index is 844. The Hall–Kier alpha value is -2.41. The monoisotopic (exact) mass is 385 g/mol. The number of para-hydroxylation sites is 1. The van der Waals surface area contributed by atoms with Crippen LogP contribution in [-0.2, 0) is 16.0 Å². The van der Waals surface area contributed by atoms with Crippen LogP contribution in [0.2, 0.25) is 0 Å². The van der Waals surface area contributed by atoms with Gasteiger partial charge in [0.2, 0.25) is 11.8 Å². The van der Waals surface area contributed by atoms with E-state index in [0.717, 1.165) is 35.5 Å². The van der Waals surface area contributed by atoms with Gasteiger partial charge in [0.1, 0.15) is 5.82 Å². The van der Waals surface area contributed by atoms with Gasteiger partial charge in [-0.15, -0.1) is 0 Å². The van der Waals surface area contributed by atoms with Crippen LogP contribution >= 0.6 is 0 Å². The number of nitrogens with one attached hydrogen (secondary N) is 2. The van der Waals surface area contributed by atoms with Crippen molar-refractivity contribution in [3.05, 3.63) is 29.6 Å². The van der Waals surface area contributed by atoms with E-state index in [1.165, 1.54) is 0 Å². The third kappa shape index (κ3) is 4.70. The first-order chi connectivity index (χ1) is 13.3. The van der Waals surface area contributed by atoms with E-state index in [-0.39, 0.29) is 24.3 Å². The lowest BCUT2D eigenvalue weighted by atomic mass is 10.1. The van der Waals surface area contributed by atoms with Gasteiger partial charge in [0.25, 0.3) is 0 Å². The maximum atomic E-state index is 12.7. The molecule has 152 valence electrons. The first-order valence-electron chi connectivity index (χ1n) is 10.0. The van der Waals surface area contributed by atoms with Gasteiger partial charge in [-0.1, -0.05) is 26.0 Å². The van der Waals surface area contributed by atoms with E-state index in [4.69, 9.17) is 0 Å². The SMILES string of the molecule is Cc1cccc2[nH]c(CCN(C)C(=O)C[C@@H]3C(=O)NCCN3CC(C)C)nc12. The standard InChI is InChI=1S/C21H31N5O2/c1-14(2)13-26-11-9-22-21(28)17(26)12-19(27)25(4)10-8-18-23-16-7-5-6-15(3)20(16)24-18/h5-7,14,17H,8-13H2,1-4H3,(H,22,28)(H,23,24)/t17-/m1/s1. The fraction of sp³-hybridized carbons (Fsp3) is 0.571. The van der Waals surface area contributed by atoms with E-state index in [9.17, 15) is 9.59 Å². The van der Waals surface area contributed by atoms with Crippen LogP contribution in [0.4, 0.5) is 0 Å². The molecule has 0 spiro atoms. The first-order valence-corrected chi connectivity index (χ1v) is 10.0. The fourth-order valence-electron chi connectivity index (χ4n) is 3.74. The number of nitrogens with zero attached hydrogens (tertiary/aromatic N) is 3. The number of aromatic amines is 1. The van der Waals surface area contributed by atoms with Crippen molar-refractivity contribution in [2.75, 3.05) is 33.2 Å². The molecule has 0 unspecified atom stereocenters. The predicted molar refractivity (Wildman–Crippen MR) is 110 cm³/mol. The number of piperazine rings is 1. The smallest absolute Gasteiger partial charge is 0.237 e. The molecule has 2 heterocycles. The average molecular weight is 386 g/mol. The molecule has 1 aliphatic rings. The van der Waals surface area contributed by atoms with Crippen LogP contribution in [0.3, 0.4) is 0 Å². The summed E-state index contributed by atoms with van der Waals surface area (Å²) >= 11 is 0. The van der Waals surface area contributed by atoms with Crippen molar-refractivity contribution >= 4 is 22.8 Å². The van der Waals surface area contributed by atoms with Gasteiger partial charge >= 0.3 is 0 Å². The molecule has 0 aliphatic carbocycles. The molecule has 1 aromatic heterocycles. The molecule has 28 heavy (non-hydrogen) atoms. The van der Waals surface area contributed by atoms with Crippen LogP contribution in [0.25, 0.3) is 11.0 Å². The molecule has 1 aliphatic heterocycles. The number of H-pyrrole nitrogens is 1. The highest BCUT2D eigenvalue weighted by molar-refractivity contribution is 5.88. The minimum absolute atomic E-state index is 0.0110. The van der Waals surface area contributed by atoms with Crippen molar-refractivity contribution < 1.29 is 9.59 Å². The Kier molecular flexibility index (Phi) is 6.34. The molecule has 2 aromatic rings. The molecule has 0 saturated carbocycles. The normalized spacial score (nSPS) is 17.9. The molecule has 0 radical (unpaired) electrons. The van der Waals surface area contributed by atoms with Crippen LogP contribution in [0.5, 0.6) is 0 Å². The number of benzene rings is 1. The number of amides is 2. The van der Waals surface area contributed by atoms with Crippen LogP contribution in [0.15, 0.2) is 18.2 Å². The van der Waals surface area contributed by atoms with Gasteiger partial charge in [-0.2, -0.15) is 0 Å². The van der Waals surface area contributed by atoms with E-state index in [1.54, 1.807) is 11.9 Å². The highest BCUT2D eigenvalue weighted by atomic mass is 16.2. The van der Waals surface area contributed by atoms with Crippen molar-refractivity contribution in [1.82, 2.24) is 25.1 Å². The van der Waals surface area contributed by atoms with E-state index in [0.29, 0.717) is 25.4 Å². The third-order valence-corrected chi connectivity index (χ3v) is 5.28. The number of fused-ring (bicyclic) bond motifs is 1. The summed E-state index contributed by atoms with van der Waals surface area (Å²) in [5.41, 5.74) is 3.14. The number of imidazole rings is 1. The van der Waals surface area contributed by atoms with Gasteiger partial charge in [0.05, 0.1) is 23.5 Å². The second kappa shape index (κ2) is 8.73. The summed E-state index contributed by atoms with van der Waals surface area (Å²) in [4.78, 5) is 36.9. The highest BCUT2D eigenvalue weighted by Crippen LogP contribution is 2.16. The van der Waals surface area contributed by atoms with Gasteiger partial charge in [0, 0.05) is 39.6 Å². The van der Waals surface area contributed by atoms with Gasteiger partial charge in [-0.3, -0.25) is 14.5 Å². The maximum absolute atomic E-state index is 12.7. The lowest BCUT2D eigenvalue weighted by molar-refractivity contribution is -0.138. The van der Waals surface area contributed by atoms with Crippen molar-refractivity contribution in [2.24, 2.45) is 5.92 Å². The largest absolute Gasteiger partial charge is 0.353 e. The quantitative estimate of drug-likeness (QED) is 0.760. The molecule has 7 heteroatoms. The van der Waals surface area contributed by atoms with Gasteiger partial charge in [-0.25, -0.2) is 4.98 Å². The molecule has 1 aromatic carbocycles. The van der Waals surface area contributed by atoms with Crippen LogP contribution in [0, 0.1) is 12.8 Å². The Morgan fingerprint density at radius 3 is 2.89 bits per heavy atom. The Morgan fingerprint density at radius 2 is 2.18 bits per heavy atom. The highest BCUT2D eigenvalue weighted by Gasteiger charge is 2.32. The zero-order chi connectivity index (χ0) is 20.3. The second-order valence-corrected chi connectivity index (χ2v) is 8.12. The number of aryl methyl sites for hydroxylation is 1. The number of aromatic nitrogens is 2. The van der Waals surface area contributed by atoms with Crippen molar-refractivity contribution in [3.63, 3.8) is 0 Å². The molecule has 1 saturated heterocycles. The number of carbonyl (C=O) groups excluding carboxylic acids is 2. The zero-order valence-electron chi connectivity index (χ0n) is 17.3. The van der Waals surface area contributed by atoms with Crippen molar-refractivity contribution in [1.29, 1.82) is 0 Å². The molecule has 1 fully saturated rings. The minimum atomic E-state index is -0.375. The molecule has 1 atom stereocenters. The number of likely N-dealkylation sites (N-methyl/N-ethyl adjacent to an activating group) is 1. The van der Waals surface area contributed by atoms with Crippen molar-refractivity contribution in [2.45, 2.75) is 39.7 Å². The summed E-state index contributed by atoms with van der Waals surface area (Å²) in [7, 11) is 1.80. The molecule has 0 bridgehead atoms. The second-order valence-electron chi connectivity index (χ2n) is 8.12. The predicted octanol–water partition coefficient (Wildman–Crippen LogP) is 1.72. The third-order valence-electron chi connectivity index (χ3n) is 5.28. The average Bonchev–Trinajstić information content (AvgIpc) is 3.06. The number of rotatable bonds is 7. The van der Waals surface area contributed by atoms with Gasteiger partial charge in [-0.05, 0) is 24.5 Å². The number of hydrogen-bond acceptors (Lipinski definition) is 4. The summed E-state index contributed by atoms with van der Waals surface area (Å²) in [5.74, 6) is 1.28. The van der Waals surface area contributed by atoms with Crippen LogP contribution in [0.1, 0.15) is 31.7 Å². The first kappa shape index (κ1) is 20.3. The van der Waals surface area contributed by atoms with E-state index < -0.39 is 0 Å². The molecule has 2 amide bonds. The number of carbonyl (C=O) groups is 2. The Balaban J connectivity index is 1.58.